The summed E-state index contributed by atoms with van der Waals surface area (Å²) in [7, 11) is 2.74. The SMILES string of the molecule is CNC(=O)c1cnc(/C=C/c2ccc(OC(F)F)c(OC)c2)[nH]c1=O. The number of H-pyrrole nitrogens is 1. The Morgan fingerprint density at radius 1 is 1.32 bits per heavy atom. The molecule has 1 amide bonds. The number of methoxy groups -OCH3 is 1. The van der Waals surface area contributed by atoms with Crippen LogP contribution in [0, 0.1) is 0 Å². The summed E-state index contributed by atoms with van der Waals surface area (Å²) in [4.78, 5) is 29.7. The molecule has 25 heavy (non-hydrogen) atoms. The third-order valence-electron chi connectivity index (χ3n) is 3.13. The van der Waals surface area contributed by atoms with Gasteiger partial charge in [-0.3, -0.25) is 9.59 Å². The maximum Gasteiger partial charge on any atom is 0.387 e. The number of alkyl halides is 2. The summed E-state index contributed by atoms with van der Waals surface area (Å²) in [5, 5.41) is 2.33. The summed E-state index contributed by atoms with van der Waals surface area (Å²) in [6.07, 6.45) is 4.25. The van der Waals surface area contributed by atoms with Gasteiger partial charge in [0.1, 0.15) is 11.4 Å². The first kappa shape index (κ1) is 18.1. The molecule has 7 nitrogen and oxygen atoms in total. The molecule has 2 aromatic rings. The molecule has 1 heterocycles. The highest BCUT2D eigenvalue weighted by Crippen LogP contribution is 2.29. The largest absolute Gasteiger partial charge is 0.493 e. The van der Waals surface area contributed by atoms with Gasteiger partial charge in [0.05, 0.1) is 7.11 Å². The van der Waals surface area contributed by atoms with E-state index >= 15 is 0 Å². The van der Waals surface area contributed by atoms with Crippen molar-refractivity contribution in [2.45, 2.75) is 6.61 Å². The minimum Gasteiger partial charge on any atom is -0.493 e. The molecule has 0 aliphatic carbocycles. The van der Waals surface area contributed by atoms with Gasteiger partial charge in [-0.1, -0.05) is 12.1 Å². The number of aromatic nitrogens is 2. The van der Waals surface area contributed by atoms with E-state index in [2.05, 4.69) is 20.0 Å². The van der Waals surface area contributed by atoms with Crippen LogP contribution in [-0.4, -0.2) is 36.6 Å². The van der Waals surface area contributed by atoms with Crippen LogP contribution in [0.25, 0.3) is 12.2 Å². The maximum atomic E-state index is 12.3. The zero-order valence-electron chi connectivity index (χ0n) is 13.4. The van der Waals surface area contributed by atoms with Crippen molar-refractivity contribution in [2.75, 3.05) is 14.2 Å². The van der Waals surface area contributed by atoms with Gasteiger partial charge in [-0.2, -0.15) is 8.78 Å². The van der Waals surface area contributed by atoms with E-state index in [4.69, 9.17) is 4.74 Å². The zero-order chi connectivity index (χ0) is 18.4. The Morgan fingerprint density at radius 2 is 2.08 bits per heavy atom. The average molecular weight is 351 g/mol. The molecule has 0 spiro atoms. The van der Waals surface area contributed by atoms with E-state index < -0.39 is 18.1 Å². The van der Waals surface area contributed by atoms with Gasteiger partial charge in [-0.05, 0) is 23.8 Å². The molecule has 0 saturated carbocycles. The summed E-state index contributed by atoms with van der Waals surface area (Å²) < 4.78 is 33.9. The van der Waals surface area contributed by atoms with E-state index in [-0.39, 0.29) is 22.9 Å². The monoisotopic (exact) mass is 351 g/mol. The lowest BCUT2D eigenvalue weighted by Crippen LogP contribution is -2.27. The number of nitrogens with one attached hydrogen (secondary N) is 2. The van der Waals surface area contributed by atoms with Crippen LogP contribution in [0.4, 0.5) is 8.78 Å². The van der Waals surface area contributed by atoms with Gasteiger partial charge in [0.15, 0.2) is 11.5 Å². The van der Waals surface area contributed by atoms with Crippen molar-refractivity contribution in [1.82, 2.24) is 15.3 Å². The van der Waals surface area contributed by atoms with Crippen LogP contribution in [-0.2, 0) is 0 Å². The Bertz CT molecular complexity index is 850. The number of amides is 1. The lowest BCUT2D eigenvalue weighted by molar-refractivity contribution is -0.0512. The number of ether oxygens (including phenoxy) is 2. The molecule has 9 heteroatoms. The minimum absolute atomic E-state index is 0.0869. The van der Waals surface area contributed by atoms with E-state index in [0.29, 0.717) is 5.56 Å². The summed E-state index contributed by atoms with van der Waals surface area (Å²) >= 11 is 0. The van der Waals surface area contributed by atoms with Gasteiger partial charge >= 0.3 is 6.61 Å². The predicted molar refractivity (Wildman–Crippen MR) is 86.8 cm³/mol. The molecule has 0 unspecified atom stereocenters. The molecule has 0 fully saturated rings. The Labute approximate surface area is 141 Å². The first-order valence-corrected chi connectivity index (χ1v) is 7.07. The number of hydrogen-bond donors (Lipinski definition) is 2. The van der Waals surface area contributed by atoms with Gasteiger partial charge in [0, 0.05) is 13.2 Å². The average Bonchev–Trinajstić information content (AvgIpc) is 2.59. The van der Waals surface area contributed by atoms with E-state index in [1.807, 2.05) is 0 Å². The number of nitrogens with zero attached hydrogens (tertiary/aromatic N) is 1. The lowest BCUT2D eigenvalue weighted by atomic mass is 10.2. The highest BCUT2D eigenvalue weighted by atomic mass is 19.3. The van der Waals surface area contributed by atoms with Crippen LogP contribution in [0.15, 0.2) is 29.2 Å². The molecular formula is C16H15F2N3O4. The van der Waals surface area contributed by atoms with E-state index in [1.165, 1.54) is 38.4 Å². The van der Waals surface area contributed by atoms with E-state index in [9.17, 15) is 18.4 Å². The lowest BCUT2D eigenvalue weighted by Gasteiger charge is -2.10. The molecule has 2 N–H and O–H groups in total. The third kappa shape index (κ3) is 4.63. The Kier molecular flexibility index (Phi) is 5.83. The standard InChI is InChI=1S/C16H15F2N3O4/c1-19-14(22)10-8-20-13(21-15(10)23)6-4-9-3-5-11(25-16(17)18)12(7-9)24-2/h3-8,16H,1-2H3,(H,19,22)(H,20,21,23)/b6-4+. The Morgan fingerprint density at radius 3 is 2.68 bits per heavy atom. The maximum absolute atomic E-state index is 12.3. The molecular weight excluding hydrogens is 336 g/mol. The molecule has 2 rings (SSSR count). The first-order valence-electron chi connectivity index (χ1n) is 7.07. The van der Waals surface area contributed by atoms with Crippen LogP contribution in [0.5, 0.6) is 11.5 Å². The summed E-state index contributed by atoms with van der Waals surface area (Å²) in [6.45, 7) is -2.96. The van der Waals surface area contributed by atoms with Gasteiger partial charge < -0.3 is 19.8 Å². The quantitative estimate of drug-likeness (QED) is 0.829. The number of carbonyl (C=O) groups excluding carboxylic acids is 1. The van der Waals surface area contributed by atoms with Crippen molar-refractivity contribution in [1.29, 1.82) is 0 Å². The summed E-state index contributed by atoms with van der Waals surface area (Å²) in [6, 6.07) is 4.37. The molecule has 0 radical (unpaired) electrons. The zero-order valence-corrected chi connectivity index (χ0v) is 13.4. The molecule has 0 aliphatic heterocycles. The molecule has 1 aromatic heterocycles. The fourth-order valence-corrected chi connectivity index (χ4v) is 1.95. The highest BCUT2D eigenvalue weighted by Gasteiger charge is 2.11. The van der Waals surface area contributed by atoms with Gasteiger partial charge in [0.25, 0.3) is 11.5 Å². The fourth-order valence-electron chi connectivity index (χ4n) is 1.95. The number of hydrogen-bond acceptors (Lipinski definition) is 5. The van der Waals surface area contributed by atoms with Crippen LogP contribution < -0.4 is 20.3 Å². The molecule has 132 valence electrons. The summed E-state index contributed by atoms with van der Waals surface area (Å²) in [5.74, 6) is -0.261. The van der Waals surface area contributed by atoms with Crippen LogP contribution in [0.3, 0.4) is 0 Å². The molecule has 0 saturated heterocycles. The Balaban J connectivity index is 2.23. The third-order valence-corrected chi connectivity index (χ3v) is 3.13. The summed E-state index contributed by atoms with van der Waals surface area (Å²) in [5.41, 5.74) is -0.0708. The molecule has 0 bridgehead atoms. The second-order valence-corrected chi connectivity index (χ2v) is 4.71. The smallest absolute Gasteiger partial charge is 0.387 e. The predicted octanol–water partition coefficient (Wildman–Crippen LogP) is 1.91. The number of benzene rings is 1. The van der Waals surface area contributed by atoms with Crippen molar-refractivity contribution in [3.8, 4) is 11.5 Å². The van der Waals surface area contributed by atoms with Crippen molar-refractivity contribution >= 4 is 18.1 Å². The second-order valence-electron chi connectivity index (χ2n) is 4.71. The van der Waals surface area contributed by atoms with Crippen LogP contribution in [0.2, 0.25) is 0 Å². The first-order chi connectivity index (χ1) is 11.9. The fraction of sp³-hybridized carbons (Fsp3) is 0.188. The van der Waals surface area contributed by atoms with Crippen molar-refractivity contribution in [2.24, 2.45) is 0 Å². The van der Waals surface area contributed by atoms with Crippen molar-refractivity contribution in [3.63, 3.8) is 0 Å². The van der Waals surface area contributed by atoms with Crippen LogP contribution >= 0.6 is 0 Å². The molecule has 1 aromatic carbocycles. The number of rotatable bonds is 6. The Hall–Kier alpha value is -3.23. The minimum atomic E-state index is -2.96. The van der Waals surface area contributed by atoms with Gasteiger partial charge in [-0.25, -0.2) is 4.98 Å². The van der Waals surface area contributed by atoms with Crippen molar-refractivity contribution in [3.05, 3.63) is 51.7 Å². The topological polar surface area (TPSA) is 93.3 Å². The van der Waals surface area contributed by atoms with Gasteiger partial charge in [0.2, 0.25) is 0 Å². The van der Waals surface area contributed by atoms with Gasteiger partial charge in [-0.15, -0.1) is 0 Å². The van der Waals surface area contributed by atoms with E-state index in [0.717, 1.165) is 6.20 Å². The van der Waals surface area contributed by atoms with Crippen molar-refractivity contribution < 1.29 is 23.0 Å². The number of aromatic amines is 1. The van der Waals surface area contributed by atoms with Crippen LogP contribution in [0.1, 0.15) is 21.7 Å². The normalized spacial score (nSPS) is 10.9. The van der Waals surface area contributed by atoms with E-state index in [1.54, 1.807) is 6.08 Å². The highest BCUT2D eigenvalue weighted by molar-refractivity contribution is 5.93. The molecule has 0 atom stereocenters. The second kappa shape index (κ2) is 8.04. The molecule has 0 aliphatic rings. The number of carbonyl (C=O) groups is 1. The number of halogens is 2.